The van der Waals surface area contributed by atoms with Crippen molar-refractivity contribution in [1.82, 2.24) is 0 Å². The lowest BCUT2D eigenvalue weighted by atomic mass is 10.4. The molecular formula is C4H13O2P3S. The molecule has 0 bridgehead atoms. The van der Waals surface area contributed by atoms with Crippen LogP contribution in [-0.2, 0) is 0 Å². The molecule has 0 aliphatic rings. The van der Waals surface area contributed by atoms with Crippen molar-refractivity contribution in [1.29, 1.82) is 0 Å². The molecule has 0 aromatic heterocycles. The third-order valence-electron chi connectivity index (χ3n) is 0.736. The maximum atomic E-state index is 8.92. The summed E-state index contributed by atoms with van der Waals surface area (Å²) in [6.45, 7) is -0.164. The van der Waals surface area contributed by atoms with Gasteiger partial charge in [0.15, 0.2) is 0 Å². The zero-order chi connectivity index (χ0) is 8.20. The van der Waals surface area contributed by atoms with E-state index in [1.165, 1.54) is 0 Å². The van der Waals surface area contributed by atoms with Crippen LogP contribution in [0.1, 0.15) is 0 Å². The first-order valence-corrected chi connectivity index (χ1v) is 5.47. The lowest BCUT2D eigenvalue weighted by Gasteiger charge is -2.18. The first kappa shape index (κ1) is 11.6. The van der Waals surface area contributed by atoms with Crippen molar-refractivity contribution in [3.63, 3.8) is 0 Å². The van der Waals surface area contributed by atoms with E-state index >= 15 is 0 Å². The maximum Gasteiger partial charge on any atom is 0.0861 e. The van der Waals surface area contributed by atoms with Gasteiger partial charge in [0.25, 0.3) is 0 Å². The lowest BCUT2D eigenvalue weighted by molar-refractivity contribution is 0.113. The van der Waals surface area contributed by atoms with Crippen LogP contribution in [0.5, 0.6) is 0 Å². The number of aliphatic hydroxyl groups is 2. The Balaban J connectivity index is 3.36. The van der Waals surface area contributed by atoms with E-state index < -0.39 is 6.10 Å². The largest absolute Gasteiger partial charge is 0.394 e. The highest BCUT2D eigenvalue weighted by Crippen LogP contribution is 2.45. The molecule has 0 spiro atoms. The summed E-state index contributed by atoms with van der Waals surface area (Å²) in [5, 5.41) is 17.4. The molecular weight excluding hydrogens is 205 g/mol. The summed E-state index contributed by atoms with van der Waals surface area (Å²) < 4.78 is -0.0733. The van der Waals surface area contributed by atoms with Crippen LogP contribution in [0.25, 0.3) is 0 Å². The average molecular weight is 218 g/mol. The van der Waals surface area contributed by atoms with Gasteiger partial charge in [0.2, 0.25) is 0 Å². The Morgan fingerprint density at radius 2 is 1.90 bits per heavy atom. The lowest BCUT2D eigenvalue weighted by Crippen LogP contribution is -2.16. The van der Waals surface area contributed by atoms with Crippen LogP contribution in [0.2, 0.25) is 0 Å². The predicted octanol–water partition coefficient (Wildman–Crippen LogP) is 0.309. The van der Waals surface area contributed by atoms with Gasteiger partial charge in [-0.25, -0.2) is 0 Å². The molecule has 0 saturated carbocycles. The van der Waals surface area contributed by atoms with Gasteiger partial charge in [0.05, 0.1) is 16.7 Å². The van der Waals surface area contributed by atoms with Gasteiger partial charge in [-0.1, -0.05) is 0 Å². The number of aliphatic hydroxyl groups excluding tert-OH is 2. The summed E-state index contributed by atoms with van der Waals surface area (Å²) in [7, 11) is 7.79. The monoisotopic (exact) mass is 218 g/mol. The molecule has 0 heterocycles. The van der Waals surface area contributed by atoms with Crippen molar-refractivity contribution in [3.05, 3.63) is 0 Å². The molecule has 0 saturated heterocycles. The first-order valence-electron chi connectivity index (χ1n) is 2.75. The average Bonchev–Trinajstić information content (AvgIpc) is 1.81. The molecule has 0 aromatic carbocycles. The highest BCUT2D eigenvalue weighted by atomic mass is 32.2. The van der Waals surface area contributed by atoms with Crippen molar-refractivity contribution < 1.29 is 10.2 Å². The molecule has 0 rings (SSSR count). The van der Waals surface area contributed by atoms with Gasteiger partial charge in [0, 0.05) is 5.75 Å². The second kappa shape index (κ2) is 5.25. The number of rotatable bonds is 4. The van der Waals surface area contributed by atoms with E-state index in [1.807, 2.05) is 0 Å². The maximum absolute atomic E-state index is 8.92. The number of hydrogen-bond acceptors (Lipinski definition) is 3. The Labute approximate surface area is 72.5 Å². The Morgan fingerprint density at radius 3 is 2.20 bits per heavy atom. The summed E-state index contributed by atoms with van der Waals surface area (Å²) in [6, 6.07) is 0. The molecule has 2 N–H and O–H groups in total. The van der Waals surface area contributed by atoms with E-state index in [0.29, 0.717) is 5.75 Å². The van der Waals surface area contributed by atoms with Crippen LogP contribution in [0.4, 0.5) is 0 Å². The van der Waals surface area contributed by atoms with E-state index in [0.717, 1.165) is 0 Å². The Morgan fingerprint density at radius 1 is 1.40 bits per heavy atom. The molecule has 0 aliphatic carbocycles. The third kappa shape index (κ3) is 7.66. The highest BCUT2D eigenvalue weighted by Gasteiger charge is 2.13. The normalized spacial score (nSPS) is 15.3. The zero-order valence-corrected chi connectivity index (χ0v) is 9.81. The SMILES string of the molecule is OC[C@H](O)CSC(P)(P)P. The van der Waals surface area contributed by atoms with Crippen LogP contribution >= 0.6 is 39.5 Å². The Hall–Kier alpha value is 1.56. The van der Waals surface area contributed by atoms with Gasteiger partial charge in [-0.05, 0) is 0 Å². The zero-order valence-electron chi connectivity index (χ0n) is 5.53. The Bertz CT molecular complexity index is 95.0. The predicted molar refractivity (Wildman–Crippen MR) is 57.4 cm³/mol. The molecule has 0 fully saturated rings. The molecule has 62 valence electrons. The minimum atomic E-state index is -0.606. The van der Waals surface area contributed by atoms with Crippen molar-refractivity contribution in [2.24, 2.45) is 0 Å². The fourth-order valence-electron chi connectivity index (χ4n) is 0.293. The van der Waals surface area contributed by atoms with E-state index in [9.17, 15) is 0 Å². The molecule has 10 heavy (non-hydrogen) atoms. The van der Waals surface area contributed by atoms with Crippen LogP contribution in [-0.4, -0.2) is 32.6 Å². The minimum absolute atomic E-state index is 0.0733. The summed E-state index contributed by atoms with van der Waals surface area (Å²) in [5.74, 6) is 0.549. The Kier molecular flexibility index (Phi) is 6.07. The fraction of sp³-hybridized carbons (Fsp3) is 1.00. The van der Waals surface area contributed by atoms with Crippen LogP contribution < -0.4 is 0 Å². The van der Waals surface area contributed by atoms with E-state index in [4.69, 9.17) is 10.2 Å². The molecule has 4 atom stereocenters. The van der Waals surface area contributed by atoms with Gasteiger partial charge < -0.3 is 10.2 Å². The van der Waals surface area contributed by atoms with Gasteiger partial charge in [-0.3, -0.25) is 0 Å². The number of hydrogen-bond donors (Lipinski definition) is 2. The van der Waals surface area contributed by atoms with E-state index in [2.05, 4.69) is 27.7 Å². The molecule has 0 aliphatic heterocycles. The quantitative estimate of drug-likeness (QED) is 0.667. The molecule has 0 amide bonds. The van der Waals surface area contributed by atoms with Crippen LogP contribution in [0.15, 0.2) is 0 Å². The molecule has 0 radical (unpaired) electrons. The summed E-state index contributed by atoms with van der Waals surface area (Å²) in [6.07, 6.45) is -0.606. The standard InChI is InChI=1S/C4H13O2P3S/c5-1-3(6)2-10-4(7,8)9/h3,5-6H,1-2,7-9H2/t3-/m0/s1. The van der Waals surface area contributed by atoms with Crippen LogP contribution in [0.3, 0.4) is 0 Å². The first-order chi connectivity index (χ1) is 4.45. The van der Waals surface area contributed by atoms with Gasteiger partial charge >= 0.3 is 0 Å². The summed E-state index contributed by atoms with van der Waals surface area (Å²) in [4.78, 5) is 0. The summed E-state index contributed by atoms with van der Waals surface area (Å²) in [5.41, 5.74) is 0. The van der Waals surface area contributed by atoms with Crippen molar-refractivity contribution in [3.8, 4) is 0 Å². The smallest absolute Gasteiger partial charge is 0.0861 e. The van der Waals surface area contributed by atoms with Crippen LogP contribution in [0, 0.1) is 0 Å². The second-order valence-electron chi connectivity index (χ2n) is 2.00. The molecule has 2 nitrogen and oxygen atoms in total. The second-order valence-corrected chi connectivity index (χ2v) is 9.45. The van der Waals surface area contributed by atoms with Crippen molar-refractivity contribution >= 4 is 39.5 Å². The van der Waals surface area contributed by atoms with Crippen molar-refractivity contribution in [2.75, 3.05) is 12.4 Å². The summed E-state index contributed by atoms with van der Waals surface area (Å²) >= 11 is 1.55. The van der Waals surface area contributed by atoms with Gasteiger partial charge in [0.1, 0.15) is 0 Å². The van der Waals surface area contributed by atoms with E-state index in [1.54, 1.807) is 11.8 Å². The number of thioether (sulfide) groups is 1. The topological polar surface area (TPSA) is 40.5 Å². The highest BCUT2D eigenvalue weighted by molar-refractivity contribution is 8.13. The molecule has 0 aromatic rings. The van der Waals surface area contributed by atoms with E-state index in [-0.39, 0.29) is 10.6 Å². The van der Waals surface area contributed by atoms with Crippen molar-refractivity contribution in [2.45, 2.75) is 10.1 Å². The minimum Gasteiger partial charge on any atom is -0.394 e. The molecule has 6 heteroatoms. The fourth-order valence-corrected chi connectivity index (χ4v) is 1.75. The third-order valence-corrected chi connectivity index (χ3v) is 3.29. The molecule has 3 unspecified atom stereocenters. The van der Waals surface area contributed by atoms with Gasteiger partial charge in [-0.15, -0.1) is 39.5 Å². The van der Waals surface area contributed by atoms with Gasteiger partial charge in [-0.2, -0.15) is 0 Å².